The summed E-state index contributed by atoms with van der Waals surface area (Å²) < 4.78 is 24.2. The Hall–Kier alpha value is -0.0600. The summed E-state index contributed by atoms with van der Waals surface area (Å²) in [4.78, 5) is 0. The van der Waals surface area contributed by atoms with Crippen LogP contribution < -0.4 is 0 Å². The van der Waals surface area contributed by atoms with Crippen molar-refractivity contribution in [1.82, 2.24) is 0 Å². The van der Waals surface area contributed by atoms with Crippen molar-refractivity contribution < 1.29 is 8.42 Å². The Morgan fingerprint density at radius 2 is 2.00 bits per heavy atom. The molecule has 1 atom stereocenters. The zero-order chi connectivity index (χ0) is 13.6. The highest BCUT2D eigenvalue weighted by Gasteiger charge is 2.19. The summed E-state index contributed by atoms with van der Waals surface area (Å²) in [7, 11) is -3.11. The molecule has 0 saturated heterocycles. The van der Waals surface area contributed by atoms with Crippen molar-refractivity contribution in [1.29, 1.82) is 0 Å². The third-order valence-corrected chi connectivity index (χ3v) is 5.75. The number of benzene rings is 1. The lowest BCUT2D eigenvalue weighted by Crippen LogP contribution is -2.19. The van der Waals surface area contributed by atoms with E-state index in [1.165, 1.54) is 0 Å². The third-order valence-electron chi connectivity index (χ3n) is 2.74. The SMILES string of the molecule is CCCC(CBr)CS(=O)(=O)Cc1ccccc1Cl. The van der Waals surface area contributed by atoms with Gasteiger partial charge in [-0.3, -0.25) is 0 Å². The molecular weight excluding hydrogens is 336 g/mol. The van der Waals surface area contributed by atoms with Gasteiger partial charge in [0.1, 0.15) is 0 Å². The van der Waals surface area contributed by atoms with Crippen molar-refractivity contribution in [3.63, 3.8) is 0 Å². The zero-order valence-electron chi connectivity index (χ0n) is 10.4. The van der Waals surface area contributed by atoms with Crippen LogP contribution in [0.15, 0.2) is 24.3 Å². The van der Waals surface area contributed by atoms with Gasteiger partial charge >= 0.3 is 0 Å². The van der Waals surface area contributed by atoms with Gasteiger partial charge in [-0.25, -0.2) is 8.42 Å². The molecule has 1 aromatic rings. The van der Waals surface area contributed by atoms with Crippen molar-refractivity contribution in [2.45, 2.75) is 25.5 Å². The lowest BCUT2D eigenvalue weighted by atomic mass is 10.1. The van der Waals surface area contributed by atoms with E-state index in [-0.39, 0.29) is 17.4 Å². The first kappa shape index (κ1) is 16.0. The van der Waals surface area contributed by atoms with Gasteiger partial charge in [0.15, 0.2) is 9.84 Å². The topological polar surface area (TPSA) is 34.1 Å². The molecule has 102 valence electrons. The Labute approximate surface area is 123 Å². The molecule has 0 aliphatic carbocycles. The van der Waals surface area contributed by atoms with Crippen LogP contribution >= 0.6 is 27.5 Å². The predicted octanol–water partition coefficient (Wildman–Crippen LogP) is 4.07. The number of hydrogen-bond donors (Lipinski definition) is 0. The molecule has 0 fully saturated rings. The second kappa shape index (κ2) is 7.51. The van der Waals surface area contributed by atoms with Crippen LogP contribution in [-0.2, 0) is 15.6 Å². The van der Waals surface area contributed by atoms with Crippen LogP contribution in [0.25, 0.3) is 0 Å². The molecule has 0 radical (unpaired) electrons. The van der Waals surface area contributed by atoms with Crippen molar-refractivity contribution in [3.05, 3.63) is 34.9 Å². The molecule has 0 spiro atoms. The Kier molecular flexibility index (Phi) is 6.67. The van der Waals surface area contributed by atoms with Crippen LogP contribution in [0.1, 0.15) is 25.3 Å². The molecule has 0 amide bonds. The van der Waals surface area contributed by atoms with Gasteiger partial charge in [0.25, 0.3) is 0 Å². The zero-order valence-corrected chi connectivity index (χ0v) is 13.6. The molecule has 18 heavy (non-hydrogen) atoms. The van der Waals surface area contributed by atoms with E-state index >= 15 is 0 Å². The van der Waals surface area contributed by atoms with Gasteiger partial charge in [0, 0.05) is 10.4 Å². The van der Waals surface area contributed by atoms with Gasteiger partial charge in [-0.15, -0.1) is 0 Å². The van der Waals surface area contributed by atoms with Crippen LogP contribution in [0.5, 0.6) is 0 Å². The van der Waals surface area contributed by atoms with E-state index in [9.17, 15) is 8.42 Å². The average molecular weight is 354 g/mol. The molecule has 0 aromatic heterocycles. The van der Waals surface area contributed by atoms with Crippen molar-refractivity contribution >= 4 is 37.4 Å². The molecule has 0 aliphatic rings. The van der Waals surface area contributed by atoms with E-state index in [4.69, 9.17) is 11.6 Å². The summed E-state index contributed by atoms with van der Waals surface area (Å²) in [5, 5.41) is 1.25. The van der Waals surface area contributed by atoms with Crippen molar-refractivity contribution in [2.75, 3.05) is 11.1 Å². The highest BCUT2D eigenvalue weighted by molar-refractivity contribution is 9.09. The van der Waals surface area contributed by atoms with E-state index in [1.807, 2.05) is 6.07 Å². The first-order chi connectivity index (χ1) is 8.48. The van der Waals surface area contributed by atoms with Gasteiger partial charge in [-0.05, 0) is 24.0 Å². The third kappa shape index (κ3) is 5.29. The first-order valence-corrected chi connectivity index (χ1v) is 9.30. The van der Waals surface area contributed by atoms with Gasteiger partial charge in [0.2, 0.25) is 0 Å². The Morgan fingerprint density at radius 3 is 2.56 bits per heavy atom. The van der Waals surface area contributed by atoms with Crippen LogP contribution in [0.2, 0.25) is 5.02 Å². The number of sulfone groups is 1. The molecule has 1 unspecified atom stereocenters. The highest BCUT2D eigenvalue weighted by atomic mass is 79.9. The maximum Gasteiger partial charge on any atom is 0.154 e. The van der Waals surface area contributed by atoms with Crippen LogP contribution in [0.3, 0.4) is 0 Å². The highest BCUT2D eigenvalue weighted by Crippen LogP contribution is 2.20. The monoisotopic (exact) mass is 352 g/mol. The molecule has 1 rings (SSSR count). The molecule has 0 N–H and O–H groups in total. The number of hydrogen-bond acceptors (Lipinski definition) is 2. The van der Waals surface area contributed by atoms with E-state index in [0.29, 0.717) is 10.6 Å². The standard InChI is InChI=1S/C13H18BrClO2S/c1-2-5-11(8-14)9-18(16,17)10-12-6-3-4-7-13(12)15/h3-4,6-7,11H,2,5,8-10H2,1H3. The van der Waals surface area contributed by atoms with Crippen LogP contribution in [-0.4, -0.2) is 19.5 Å². The maximum atomic E-state index is 12.1. The lowest BCUT2D eigenvalue weighted by molar-refractivity contribution is 0.551. The largest absolute Gasteiger partial charge is 0.228 e. The Morgan fingerprint density at radius 1 is 1.33 bits per heavy atom. The Balaban J connectivity index is 2.73. The van der Waals surface area contributed by atoms with E-state index in [1.54, 1.807) is 18.2 Å². The second-order valence-electron chi connectivity index (χ2n) is 4.45. The minimum atomic E-state index is -3.11. The molecule has 0 heterocycles. The minimum absolute atomic E-state index is 0.0277. The summed E-state index contributed by atoms with van der Waals surface area (Å²) in [6, 6.07) is 7.10. The normalized spacial score (nSPS) is 13.5. The molecule has 0 bridgehead atoms. The van der Waals surface area contributed by atoms with Gasteiger partial charge in [-0.2, -0.15) is 0 Å². The molecule has 1 aromatic carbocycles. The van der Waals surface area contributed by atoms with E-state index in [2.05, 4.69) is 22.9 Å². The fourth-order valence-electron chi connectivity index (χ4n) is 1.88. The fourth-order valence-corrected chi connectivity index (χ4v) is 4.87. The summed E-state index contributed by atoms with van der Waals surface area (Å²) in [6.45, 7) is 2.07. The molecule has 0 saturated carbocycles. The van der Waals surface area contributed by atoms with Gasteiger partial charge in [-0.1, -0.05) is 59.1 Å². The fraction of sp³-hybridized carbons (Fsp3) is 0.538. The van der Waals surface area contributed by atoms with E-state index < -0.39 is 9.84 Å². The van der Waals surface area contributed by atoms with Crippen molar-refractivity contribution in [3.8, 4) is 0 Å². The molecule has 5 heteroatoms. The number of alkyl halides is 1. The summed E-state index contributed by atoms with van der Waals surface area (Å²) in [5.74, 6) is 0.430. The summed E-state index contributed by atoms with van der Waals surface area (Å²) in [6.07, 6.45) is 1.92. The Bertz CT molecular complexity index is 474. The number of halogens is 2. The van der Waals surface area contributed by atoms with Crippen LogP contribution in [0.4, 0.5) is 0 Å². The lowest BCUT2D eigenvalue weighted by Gasteiger charge is -2.13. The smallest absolute Gasteiger partial charge is 0.154 e. The predicted molar refractivity (Wildman–Crippen MR) is 81.1 cm³/mol. The van der Waals surface area contributed by atoms with E-state index in [0.717, 1.165) is 18.2 Å². The maximum absolute atomic E-state index is 12.1. The summed E-state index contributed by atoms with van der Waals surface area (Å²) >= 11 is 9.37. The molecule has 2 nitrogen and oxygen atoms in total. The minimum Gasteiger partial charge on any atom is -0.228 e. The van der Waals surface area contributed by atoms with Gasteiger partial charge < -0.3 is 0 Å². The molecular formula is C13H18BrClO2S. The quantitative estimate of drug-likeness (QED) is 0.693. The van der Waals surface area contributed by atoms with Crippen molar-refractivity contribution in [2.24, 2.45) is 5.92 Å². The number of rotatable bonds is 7. The molecule has 0 aliphatic heterocycles. The average Bonchev–Trinajstić information content (AvgIpc) is 2.31. The second-order valence-corrected chi connectivity index (χ2v) is 7.62. The first-order valence-electron chi connectivity index (χ1n) is 5.98. The van der Waals surface area contributed by atoms with Crippen LogP contribution in [0, 0.1) is 5.92 Å². The van der Waals surface area contributed by atoms with Gasteiger partial charge in [0.05, 0.1) is 11.5 Å². The summed E-state index contributed by atoms with van der Waals surface area (Å²) in [5.41, 5.74) is 0.684.